The SMILES string of the molecule is Cc1cc(-c2cc(C(C)(C)C)c(-c3ccc(C(C)(C)C)cc3)c3cccnc23)[c-]c(-c2cc(-c3cccc4ccccc34)cc3c2nc(-c2cc(C(C)(C)C)ccc2O)n3-c2ccc(C(C)(C)C)cc2)c1.[Pt]. The van der Waals surface area contributed by atoms with E-state index in [4.69, 9.17) is 9.97 Å². The molecular weight excluding hydrogens is 1060 g/mol. The number of aromatic hydroxyl groups is 1. The molecule has 0 aliphatic carbocycles. The maximum atomic E-state index is 11.9. The first-order valence-corrected chi connectivity index (χ1v) is 25.1. The number of pyridine rings is 1. The van der Waals surface area contributed by atoms with Gasteiger partial charge in [0.05, 0.1) is 16.6 Å². The fraction of sp³-hybridized carbons (Fsp3) is 0.254. The molecule has 0 atom stereocenters. The molecule has 0 saturated heterocycles. The van der Waals surface area contributed by atoms with Crippen molar-refractivity contribution >= 4 is 32.7 Å². The van der Waals surface area contributed by atoms with Gasteiger partial charge in [-0.2, -0.15) is 0 Å². The average Bonchev–Trinajstić information content (AvgIpc) is 3.71. The van der Waals surface area contributed by atoms with E-state index in [9.17, 15) is 5.11 Å². The summed E-state index contributed by atoms with van der Waals surface area (Å²) in [4.78, 5) is 10.8. The van der Waals surface area contributed by atoms with Gasteiger partial charge in [0.1, 0.15) is 11.6 Å². The molecule has 8 aromatic carbocycles. The molecule has 4 nitrogen and oxygen atoms in total. The summed E-state index contributed by atoms with van der Waals surface area (Å²) in [5, 5.41) is 15.3. The Kier molecular flexibility index (Phi) is 12.9. The molecule has 0 bridgehead atoms. The van der Waals surface area contributed by atoms with Crippen molar-refractivity contribution in [3.63, 3.8) is 0 Å². The van der Waals surface area contributed by atoms with Crippen molar-refractivity contribution in [2.45, 2.75) is 112 Å². The second-order valence-corrected chi connectivity index (χ2v) is 23.8. The van der Waals surface area contributed by atoms with E-state index >= 15 is 0 Å². The molecule has 10 aromatic rings. The summed E-state index contributed by atoms with van der Waals surface area (Å²) in [7, 11) is 0. The van der Waals surface area contributed by atoms with Gasteiger partial charge >= 0.3 is 0 Å². The number of aryl methyl sites for hydroxylation is 1. The Balaban J connectivity index is 0.00000640. The van der Waals surface area contributed by atoms with E-state index in [0.29, 0.717) is 11.4 Å². The van der Waals surface area contributed by atoms with Gasteiger partial charge in [-0.25, -0.2) is 4.98 Å². The van der Waals surface area contributed by atoms with Crippen molar-refractivity contribution in [2.75, 3.05) is 0 Å². The molecule has 72 heavy (non-hydrogen) atoms. The first-order chi connectivity index (χ1) is 33.5. The number of phenolic OH excluding ortho intramolecular Hbond substituents is 1. The van der Waals surface area contributed by atoms with Crippen LogP contribution in [-0.4, -0.2) is 19.6 Å². The average molecular weight is 1120 g/mol. The summed E-state index contributed by atoms with van der Waals surface area (Å²) in [6.45, 7) is 29.2. The summed E-state index contributed by atoms with van der Waals surface area (Å²) in [5.74, 6) is 0.858. The smallest absolute Gasteiger partial charge is 0.148 e. The van der Waals surface area contributed by atoms with E-state index in [1.54, 1.807) is 0 Å². The number of benzene rings is 8. The molecule has 10 rings (SSSR count). The van der Waals surface area contributed by atoms with Crippen LogP contribution in [0.5, 0.6) is 5.75 Å². The van der Waals surface area contributed by atoms with Crippen molar-refractivity contribution in [1.29, 1.82) is 0 Å². The summed E-state index contributed by atoms with van der Waals surface area (Å²) in [5.41, 5.74) is 18.6. The summed E-state index contributed by atoms with van der Waals surface area (Å²) in [6.07, 6.45) is 1.91. The quantitative estimate of drug-likeness (QED) is 0.169. The van der Waals surface area contributed by atoms with Crippen molar-refractivity contribution in [1.82, 2.24) is 14.5 Å². The Morgan fingerprint density at radius 1 is 0.486 bits per heavy atom. The Labute approximate surface area is 441 Å². The Morgan fingerprint density at radius 3 is 1.71 bits per heavy atom. The van der Waals surface area contributed by atoms with Crippen LogP contribution in [0.15, 0.2) is 158 Å². The second-order valence-electron chi connectivity index (χ2n) is 23.8. The first-order valence-electron chi connectivity index (χ1n) is 25.1. The Bertz CT molecular complexity index is 3680. The molecule has 0 aliphatic heterocycles. The van der Waals surface area contributed by atoms with Crippen molar-refractivity contribution in [3.05, 3.63) is 192 Å². The largest absolute Gasteiger partial charge is 0.507 e. The maximum absolute atomic E-state index is 11.9. The Morgan fingerprint density at radius 2 is 1.07 bits per heavy atom. The normalized spacial score (nSPS) is 12.5. The molecule has 5 heteroatoms. The van der Waals surface area contributed by atoms with Crippen LogP contribution in [0.1, 0.15) is 111 Å². The predicted molar refractivity (Wildman–Crippen MR) is 301 cm³/mol. The van der Waals surface area contributed by atoms with Gasteiger partial charge in [0, 0.05) is 43.9 Å². The fourth-order valence-electron chi connectivity index (χ4n) is 10.3. The third-order valence-electron chi connectivity index (χ3n) is 14.3. The van der Waals surface area contributed by atoms with Gasteiger partial charge in [0.25, 0.3) is 0 Å². The summed E-state index contributed by atoms with van der Waals surface area (Å²) >= 11 is 0. The molecule has 0 aliphatic rings. The minimum atomic E-state index is -0.188. The number of fused-ring (bicyclic) bond motifs is 3. The van der Waals surface area contributed by atoms with E-state index in [-0.39, 0.29) is 48.5 Å². The van der Waals surface area contributed by atoms with Gasteiger partial charge in [-0.05, 0) is 113 Å². The third-order valence-corrected chi connectivity index (χ3v) is 14.3. The number of phenols is 1. The third kappa shape index (κ3) is 9.36. The van der Waals surface area contributed by atoms with Crippen LogP contribution in [0.2, 0.25) is 0 Å². The topological polar surface area (TPSA) is 50.9 Å². The molecule has 1 N–H and O–H groups in total. The number of hydrogen-bond acceptors (Lipinski definition) is 3. The predicted octanol–water partition coefficient (Wildman–Crippen LogP) is 18.1. The van der Waals surface area contributed by atoms with Gasteiger partial charge in [0.15, 0.2) is 0 Å². The van der Waals surface area contributed by atoms with Gasteiger partial charge in [-0.3, -0.25) is 9.55 Å². The van der Waals surface area contributed by atoms with Crippen molar-refractivity contribution < 1.29 is 26.2 Å². The van der Waals surface area contributed by atoms with Gasteiger partial charge in [-0.1, -0.05) is 204 Å². The van der Waals surface area contributed by atoms with Crippen LogP contribution in [0, 0.1) is 13.0 Å². The van der Waals surface area contributed by atoms with E-state index in [2.05, 4.69) is 240 Å². The Hall–Kier alpha value is -6.61. The minimum Gasteiger partial charge on any atom is -0.507 e. The molecule has 0 saturated carbocycles. The second kappa shape index (κ2) is 18.5. The molecular formula is C67H66N3OPt-. The number of imidazole rings is 1. The number of aromatic nitrogens is 3. The van der Waals surface area contributed by atoms with Gasteiger partial charge < -0.3 is 5.11 Å². The van der Waals surface area contributed by atoms with Crippen LogP contribution in [-0.2, 0) is 42.7 Å². The molecule has 0 fully saturated rings. The van der Waals surface area contributed by atoms with Gasteiger partial charge in [0.2, 0.25) is 0 Å². The van der Waals surface area contributed by atoms with E-state index in [0.717, 1.165) is 72.1 Å². The van der Waals surface area contributed by atoms with Crippen LogP contribution >= 0.6 is 0 Å². The monoisotopic (exact) mass is 1120 g/mol. The molecule has 0 unspecified atom stereocenters. The molecule has 0 radical (unpaired) electrons. The summed E-state index contributed by atoms with van der Waals surface area (Å²) in [6, 6.07) is 58.9. The molecule has 0 amide bonds. The molecule has 2 heterocycles. The molecule has 0 spiro atoms. The number of hydrogen-bond donors (Lipinski definition) is 1. The standard InChI is InChI=1S/C67H66N3O.Pt/c1-41-34-44(36-45(35-41)55-40-57(67(11,12)13)60(53-22-17-33-68-61(53)55)43-23-25-47(26-24-43)64(2,3)4)54-37-46(52-21-16-19-42-18-14-15-20-51(42)52)38-58-62(54)69-63(56-39-49(66(8,9)10)29-32-59(56)71)70(58)50-30-27-48(28-31-50)65(5,6)7;/h14-35,37-40,71H,1-13H3;/q-1;. The fourth-order valence-corrected chi connectivity index (χ4v) is 10.3. The van der Waals surface area contributed by atoms with Crippen molar-refractivity contribution in [3.8, 4) is 67.3 Å². The molecule has 366 valence electrons. The van der Waals surface area contributed by atoms with Crippen LogP contribution in [0.4, 0.5) is 0 Å². The number of rotatable bonds is 6. The van der Waals surface area contributed by atoms with Gasteiger partial charge in [-0.15, -0.1) is 34.9 Å². The minimum absolute atomic E-state index is 0. The zero-order valence-electron chi connectivity index (χ0n) is 44.1. The summed E-state index contributed by atoms with van der Waals surface area (Å²) < 4.78 is 2.25. The van der Waals surface area contributed by atoms with Crippen LogP contribution in [0.3, 0.4) is 0 Å². The van der Waals surface area contributed by atoms with Crippen molar-refractivity contribution in [2.24, 2.45) is 0 Å². The van der Waals surface area contributed by atoms with Crippen LogP contribution in [0.25, 0.3) is 94.3 Å². The first kappa shape index (κ1) is 50.3. The van der Waals surface area contributed by atoms with Crippen LogP contribution < -0.4 is 0 Å². The zero-order chi connectivity index (χ0) is 50.4. The maximum Gasteiger partial charge on any atom is 0.148 e. The zero-order valence-corrected chi connectivity index (χ0v) is 46.4. The van der Waals surface area contributed by atoms with E-state index < -0.39 is 0 Å². The molecule has 2 aromatic heterocycles. The number of nitrogens with zero attached hydrogens (tertiary/aromatic N) is 3. The van der Waals surface area contributed by atoms with E-state index in [1.807, 2.05) is 18.3 Å². The van der Waals surface area contributed by atoms with E-state index in [1.165, 1.54) is 38.6 Å².